The first-order chi connectivity index (χ1) is 10.1. The number of nitrogens with one attached hydrogen (secondary N) is 1. The van der Waals surface area contributed by atoms with Crippen LogP contribution in [0.3, 0.4) is 0 Å². The van der Waals surface area contributed by atoms with Crippen LogP contribution >= 0.6 is 0 Å². The molecule has 2 N–H and O–H groups in total. The number of hydrogen-bond acceptors (Lipinski definition) is 4. The quantitative estimate of drug-likeness (QED) is 0.791. The summed E-state index contributed by atoms with van der Waals surface area (Å²) in [7, 11) is -3.97. The second kappa shape index (κ2) is 7.33. The molecule has 1 aromatic carbocycles. The van der Waals surface area contributed by atoms with Crippen LogP contribution in [-0.4, -0.2) is 25.5 Å². The van der Waals surface area contributed by atoms with Gasteiger partial charge in [0.25, 0.3) is 0 Å². The van der Waals surface area contributed by atoms with Crippen LogP contribution in [0.15, 0.2) is 18.2 Å². The summed E-state index contributed by atoms with van der Waals surface area (Å²) in [5.41, 5.74) is 0.0196. The number of nitrogens with zero attached hydrogens (tertiary/aromatic N) is 1. The van der Waals surface area contributed by atoms with E-state index in [-0.39, 0.29) is 23.5 Å². The van der Waals surface area contributed by atoms with Gasteiger partial charge < -0.3 is 5.11 Å². The third-order valence-electron chi connectivity index (χ3n) is 2.86. The molecule has 1 rings (SSSR count). The minimum atomic E-state index is -3.97. The molecule has 8 heteroatoms. The lowest BCUT2D eigenvalue weighted by Crippen LogP contribution is -2.42. The number of carboxylic acids is 1. The van der Waals surface area contributed by atoms with Crippen molar-refractivity contribution in [3.05, 3.63) is 35.1 Å². The molecular formula is C14H17FN2O4S. The van der Waals surface area contributed by atoms with Crippen LogP contribution in [-0.2, 0) is 20.6 Å². The minimum absolute atomic E-state index is 0.00992. The number of hydrogen-bond donors (Lipinski definition) is 2. The number of benzene rings is 1. The Labute approximate surface area is 128 Å². The molecule has 0 saturated heterocycles. The summed E-state index contributed by atoms with van der Waals surface area (Å²) in [5.74, 6) is -2.51. The fourth-order valence-electron chi connectivity index (χ4n) is 1.91. The molecule has 0 aliphatic carbocycles. The summed E-state index contributed by atoms with van der Waals surface area (Å²) in [5, 5.41) is 18.0. The molecule has 120 valence electrons. The molecule has 0 heterocycles. The van der Waals surface area contributed by atoms with Gasteiger partial charge in [-0.3, -0.25) is 4.79 Å². The van der Waals surface area contributed by atoms with Gasteiger partial charge in [0, 0.05) is 0 Å². The van der Waals surface area contributed by atoms with Gasteiger partial charge in [0.15, 0.2) is 0 Å². The lowest BCUT2D eigenvalue weighted by Gasteiger charge is -2.16. The van der Waals surface area contributed by atoms with Crippen molar-refractivity contribution in [1.29, 1.82) is 5.26 Å². The second-order valence-electron chi connectivity index (χ2n) is 5.31. The van der Waals surface area contributed by atoms with Crippen molar-refractivity contribution in [1.82, 2.24) is 4.72 Å². The van der Waals surface area contributed by atoms with E-state index in [1.165, 1.54) is 6.07 Å². The van der Waals surface area contributed by atoms with E-state index in [9.17, 15) is 17.6 Å². The second-order valence-corrected chi connectivity index (χ2v) is 7.06. The van der Waals surface area contributed by atoms with Crippen molar-refractivity contribution in [2.24, 2.45) is 5.92 Å². The fourth-order valence-corrected chi connectivity index (χ4v) is 3.29. The molecule has 0 amide bonds. The van der Waals surface area contributed by atoms with Crippen molar-refractivity contribution < 1.29 is 22.7 Å². The maximum Gasteiger partial charge on any atom is 0.321 e. The Hall–Kier alpha value is -1.98. The molecule has 1 aromatic rings. The molecule has 0 aliphatic rings. The molecule has 6 nitrogen and oxygen atoms in total. The highest BCUT2D eigenvalue weighted by molar-refractivity contribution is 7.88. The molecular weight excluding hydrogens is 311 g/mol. The zero-order chi connectivity index (χ0) is 16.9. The third kappa shape index (κ3) is 5.42. The largest absolute Gasteiger partial charge is 0.480 e. The van der Waals surface area contributed by atoms with Gasteiger partial charge in [0.1, 0.15) is 11.9 Å². The summed E-state index contributed by atoms with van der Waals surface area (Å²) in [6.07, 6.45) is 0.142. The van der Waals surface area contributed by atoms with Crippen LogP contribution in [0.25, 0.3) is 0 Å². The normalized spacial score (nSPS) is 12.9. The molecule has 22 heavy (non-hydrogen) atoms. The monoisotopic (exact) mass is 328 g/mol. The number of rotatable bonds is 7. The van der Waals surface area contributed by atoms with E-state index in [0.29, 0.717) is 0 Å². The van der Waals surface area contributed by atoms with Gasteiger partial charge in [0.2, 0.25) is 10.0 Å². The van der Waals surface area contributed by atoms with Crippen molar-refractivity contribution >= 4 is 16.0 Å². The molecule has 1 unspecified atom stereocenters. The van der Waals surface area contributed by atoms with Crippen LogP contribution in [0.5, 0.6) is 0 Å². The predicted molar refractivity (Wildman–Crippen MR) is 77.8 cm³/mol. The van der Waals surface area contributed by atoms with Crippen LogP contribution in [0.2, 0.25) is 0 Å². The van der Waals surface area contributed by atoms with Crippen molar-refractivity contribution in [3.63, 3.8) is 0 Å². The standard InChI is InChI=1S/C14H17FN2O4S/c1-9(2)5-13(14(18)19)17-22(20,21)8-10-3-4-12(15)6-11(10)7-16/h3-4,6,9,13,17H,5,8H2,1-2H3,(H,18,19). The Kier molecular flexibility index (Phi) is 6.02. The number of carboxylic acid groups (broad SMARTS) is 1. The van der Waals surface area contributed by atoms with Gasteiger partial charge in [-0.1, -0.05) is 19.9 Å². The van der Waals surface area contributed by atoms with Crippen molar-refractivity contribution in [3.8, 4) is 6.07 Å². The van der Waals surface area contributed by atoms with Crippen molar-refractivity contribution in [2.45, 2.75) is 32.1 Å². The highest BCUT2D eigenvalue weighted by Gasteiger charge is 2.25. The van der Waals surface area contributed by atoms with Crippen LogP contribution in [0, 0.1) is 23.1 Å². The van der Waals surface area contributed by atoms with E-state index in [1.807, 2.05) is 0 Å². The minimum Gasteiger partial charge on any atom is -0.480 e. The van der Waals surface area contributed by atoms with E-state index < -0.39 is 33.6 Å². The van der Waals surface area contributed by atoms with E-state index in [1.54, 1.807) is 19.9 Å². The summed E-state index contributed by atoms with van der Waals surface area (Å²) >= 11 is 0. The number of aliphatic carboxylic acids is 1. The first-order valence-electron chi connectivity index (χ1n) is 6.56. The Bertz CT molecular complexity index is 695. The fraction of sp³-hybridized carbons (Fsp3) is 0.429. The highest BCUT2D eigenvalue weighted by Crippen LogP contribution is 2.14. The first-order valence-corrected chi connectivity index (χ1v) is 8.21. The SMILES string of the molecule is CC(C)CC(NS(=O)(=O)Cc1ccc(F)cc1C#N)C(=O)O. The summed E-state index contributed by atoms with van der Waals surface area (Å²) in [6.45, 7) is 3.55. The molecule has 0 saturated carbocycles. The Morgan fingerprint density at radius 3 is 2.59 bits per heavy atom. The molecule has 1 atom stereocenters. The molecule has 0 spiro atoms. The van der Waals surface area contributed by atoms with Gasteiger partial charge >= 0.3 is 5.97 Å². The Morgan fingerprint density at radius 1 is 1.45 bits per heavy atom. The summed E-state index contributed by atoms with van der Waals surface area (Å²) in [6, 6.07) is 3.67. The lowest BCUT2D eigenvalue weighted by molar-refractivity contribution is -0.139. The van der Waals surface area contributed by atoms with E-state index in [4.69, 9.17) is 10.4 Å². The number of halogens is 1. The van der Waals surface area contributed by atoms with Gasteiger partial charge in [-0.15, -0.1) is 0 Å². The van der Waals surface area contributed by atoms with Crippen molar-refractivity contribution in [2.75, 3.05) is 0 Å². The van der Waals surface area contributed by atoms with E-state index in [2.05, 4.69) is 4.72 Å². The van der Waals surface area contributed by atoms with Gasteiger partial charge in [-0.05, 0) is 30.0 Å². The van der Waals surface area contributed by atoms with Gasteiger partial charge in [0.05, 0.1) is 17.4 Å². The smallest absolute Gasteiger partial charge is 0.321 e. The average Bonchev–Trinajstić information content (AvgIpc) is 2.38. The molecule has 0 radical (unpaired) electrons. The highest BCUT2D eigenvalue weighted by atomic mass is 32.2. The molecule has 0 aromatic heterocycles. The van der Waals surface area contributed by atoms with Crippen LogP contribution in [0.1, 0.15) is 31.4 Å². The lowest BCUT2D eigenvalue weighted by atomic mass is 10.1. The maximum absolute atomic E-state index is 13.0. The summed E-state index contributed by atoms with van der Waals surface area (Å²) < 4.78 is 39.3. The number of carbonyl (C=O) groups is 1. The third-order valence-corrected chi connectivity index (χ3v) is 4.20. The zero-order valence-corrected chi connectivity index (χ0v) is 13.0. The maximum atomic E-state index is 13.0. The summed E-state index contributed by atoms with van der Waals surface area (Å²) in [4.78, 5) is 11.1. The van der Waals surface area contributed by atoms with Gasteiger partial charge in [-0.2, -0.15) is 5.26 Å². The average molecular weight is 328 g/mol. The number of sulfonamides is 1. The predicted octanol–water partition coefficient (Wildman–Crippen LogP) is 1.62. The zero-order valence-electron chi connectivity index (χ0n) is 12.2. The topological polar surface area (TPSA) is 107 Å². The van der Waals surface area contributed by atoms with Crippen LogP contribution < -0.4 is 4.72 Å². The molecule has 0 bridgehead atoms. The van der Waals surface area contributed by atoms with E-state index >= 15 is 0 Å². The first kappa shape index (κ1) is 18.1. The van der Waals surface area contributed by atoms with E-state index in [0.717, 1.165) is 12.1 Å². The Morgan fingerprint density at radius 2 is 2.09 bits per heavy atom. The van der Waals surface area contributed by atoms with Crippen LogP contribution in [0.4, 0.5) is 4.39 Å². The Balaban J connectivity index is 2.96. The molecule has 0 fully saturated rings. The van der Waals surface area contributed by atoms with Gasteiger partial charge in [-0.25, -0.2) is 17.5 Å². The molecule has 0 aliphatic heterocycles. The number of nitriles is 1.